The quantitative estimate of drug-likeness (QED) is 0.676. The summed E-state index contributed by atoms with van der Waals surface area (Å²) in [6, 6.07) is 5.00. The van der Waals surface area contributed by atoms with Gasteiger partial charge in [0.15, 0.2) is 0 Å². The van der Waals surface area contributed by atoms with Crippen LogP contribution in [-0.2, 0) is 4.74 Å². The zero-order valence-corrected chi connectivity index (χ0v) is 11.9. The van der Waals surface area contributed by atoms with Gasteiger partial charge in [-0.25, -0.2) is 0 Å². The molecule has 0 saturated carbocycles. The minimum Gasteiger partial charge on any atom is -0.389 e. The fourth-order valence-corrected chi connectivity index (χ4v) is 2.65. The van der Waals surface area contributed by atoms with Gasteiger partial charge >= 0.3 is 0 Å². The van der Waals surface area contributed by atoms with Crippen molar-refractivity contribution < 1.29 is 14.8 Å². The van der Waals surface area contributed by atoms with Crippen LogP contribution in [0.2, 0.25) is 0 Å². The van der Waals surface area contributed by atoms with Gasteiger partial charge in [0.25, 0.3) is 5.69 Å². The topological polar surface area (TPSA) is 75.8 Å². The number of nitrogens with zero attached hydrogens (tertiary/aromatic N) is 2. The zero-order valence-electron chi connectivity index (χ0n) is 11.9. The molecule has 0 amide bonds. The average molecular weight is 280 g/mol. The molecule has 1 aromatic rings. The Morgan fingerprint density at radius 2 is 2.25 bits per heavy atom. The van der Waals surface area contributed by atoms with Crippen LogP contribution in [0.15, 0.2) is 18.2 Å². The van der Waals surface area contributed by atoms with Gasteiger partial charge in [0.05, 0.1) is 23.2 Å². The highest BCUT2D eigenvalue weighted by molar-refractivity contribution is 5.65. The minimum atomic E-state index is -0.721. The number of nitro groups is 1. The summed E-state index contributed by atoms with van der Waals surface area (Å²) in [6.07, 6.45) is 0.185. The molecular formula is C14H20N2O4. The zero-order chi connectivity index (χ0) is 14.9. The van der Waals surface area contributed by atoms with Crippen molar-refractivity contribution in [3.05, 3.63) is 33.9 Å². The molecule has 6 heteroatoms. The number of likely N-dealkylation sites (N-methyl/N-ethyl adjacent to an activating group) is 1. The first-order valence-corrected chi connectivity index (χ1v) is 6.72. The molecule has 6 nitrogen and oxygen atoms in total. The van der Waals surface area contributed by atoms with Crippen molar-refractivity contribution in [1.82, 2.24) is 0 Å². The van der Waals surface area contributed by atoms with Crippen molar-refractivity contribution in [2.45, 2.75) is 38.5 Å². The van der Waals surface area contributed by atoms with Crippen molar-refractivity contribution in [1.29, 1.82) is 0 Å². The summed E-state index contributed by atoms with van der Waals surface area (Å²) in [5.41, 5.74) is 1.12. The van der Waals surface area contributed by atoms with Crippen LogP contribution in [0.1, 0.15) is 31.9 Å². The molecular weight excluding hydrogens is 260 g/mol. The number of ether oxygens (including phenoxy) is 1. The fourth-order valence-electron chi connectivity index (χ4n) is 2.65. The summed E-state index contributed by atoms with van der Waals surface area (Å²) in [6.45, 7) is 4.25. The first-order valence-electron chi connectivity index (χ1n) is 6.72. The molecule has 1 aromatic carbocycles. The fraction of sp³-hybridized carbons (Fsp3) is 0.571. The third-order valence-corrected chi connectivity index (χ3v) is 3.89. The normalized spacial score (nSPS) is 23.6. The van der Waals surface area contributed by atoms with Gasteiger partial charge < -0.3 is 14.7 Å². The Hall–Kier alpha value is -1.66. The second kappa shape index (κ2) is 5.76. The lowest BCUT2D eigenvalue weighted by atomic mass is 10.1. The second-order valence-electron chi connectivity index (χ2n) is 5.22. The highest BCUT2D eigenvalue weighted by atomic mass is 16.6. The highest BCUT2D eigenvalue weighted by Gasteiger charge is 2.31. The number of rotatable bonds is 4. The van der Waals surface area contributed by atoms with Crippen LogP contribution in [0.25, 0.3) is 0 Å². The van der Waals surface area contributed by atoms with E-state index in [-0.39, 0.29) is 17.8 Å². The van der Waals surface area contributed by atoms with E-state index in [0.29, 0.717) is 17.9 Å². The lowest BCUT2D eigenvalue weighted by molar-refractivity contribution is -0.384. The van der Waals surface area contributed by atoms with Crippen molar-refractivity contribution in [2.24, 2.45) is 0 Å². The smallest absolute Gasteiger partial charge is 0.292 e. The van der Waals surface area contributed by atoms with Crippen LogP contribution in [-0.4, -0.2) is 35.8 Å². The third-order valence-electron chi connectivity index (χ3n) is 3.89. The van der Waals surface area contributed by atoms with E-state index < -0.39 is 11.0 Å². The second-order valence-corrected chi connectivity index (χ2v) is 5.22. The molecule has 1 fully saturated rings. The van der Waals surface area contributed by atoms with Crippen LogP contribution >= 0.6 is 0 Å². The van der Waals surface area contributed by atoms with E-state index in [1.54, 1.807) is 19.1 Å². The number of hydrogen-bond donors (Lipinski definition) is 1. The highest BCUT2D eigenvalue weighted by Crippen LogP contribution is 2.34. The SMILES string of the molecule is CC1OCCC1N(C)c1ccc([C@H](C)O)cc1[N+](=O)[O-]. The Morgan fingerprint density at radius 1 is 1.55 bits per heavy atom. The Labute approximate surface area is 118 Å². The van der Waals surface area contributed by atoms with Gasteiger partial charge in [-0.2, -0.15) is 0 Å². The van der Waals surface area contributed by atoms with E-state index in [9.17, 15) is 15.2 Å². The van der Waals surface area contributed by atoms with Gasteiger partial charge in [-0.15, -0.1) is 0 Å². The summed E-state index contributed by atoms with van der Waals surface area (Å²) in [4.78, 5) is 12.8. The molecule has 0 spiro atoms. The van der Waals surface area contributed by atoms with Gasteiger partial charge in [0.2, 0.25) is 0 Å². The molecule has 20 heavy (non-hydrogen) atoms. The van der Waals surface area contributed by atoms with Crippen molar-refractivity contribution in [2.75, 3.05) is 18.6 Å². The standard InChI is InChI=1S/C14H20N2O4/c1-9(17)11-4-5-13(14(8-11)16(18)19)15(3)12-6-7-20-10(12)2/h4-5,8-10,12,17H,6-7H2,1-3H3/t9-,10?,12?/m0/s1. The Kier molecular flexibility index (Phi) is 4.25. The van der Waals surface area contributed by atoms with Crippen LogP contribution in [0.3, 0.4) is 0 Å². The van der Waals surface area contributed by atoms with Crippen LogP contribution in [0.5, 0.6) is 0 Å². The van der Waals surface area contributed by atoms with Gasteiger partial charge in [0, 0.05) is 19.7 Å². The minimum absolute atomic E-state index is 0.0185. The number of hydrogen-bond acceptors (Lipinski definition) is 5. The Morgan fingerprint density at radius 3 is 2.75 bits per heavy atom. The van der Waals surface area contributed by atoms with E-state index in [0.717, 1.165) is 6.42 Å². The number of nitro benzene ring substituents is 1. The Balaban J connectivity index is 2.37. The number of aliphatic hydroxyl groups is 1. The average Bonchev–Trinajstić information content (AvgIpc) is 2.83. The first kappa shape index (κ1) is 14.7. The summed E-state index contributed by atoms with van der Waals surface area (Å²) < 4.78 is 5.52. The third kappa shape index (κ3) is 2.76. The maximum Gasteiger partial charge on any atom is 0.292 e. The lowest BCUT2D eigenvalue weighted by Gasteiger charge is -2.28. The van der Waals surface area contributed by atoms with E-state index in [1.807, 2.05) is 18.9 Å². The largest absolute Gasteiger partial charge is 0.389 e. The van der Waals surface area contributed by atoms with Gasteiger partial charge in [0.1, 0.15) is 5.69 Å². The van der Waals surface area contributed by atoms with Crippen LogP contribution < -0.4 is 4.90 Å². The van der Waals surface area contributed by atoms with Crippen molar-refractivity contribution in [3.63, 3.8) is 0 Å². The molecule has 0 aliphatic carbocycles. The molecule has 1 aliphatic rings. The summed E-state index contributed by atoms with van der Waals surface area (Å²) in [7, 11) is 1.85. The molecule has 110 valence electrons. The summed E-state index contributed by atoms with van der Waals surface area (Å²) >= 11 is 0. The van der Waals surface area contributed by atoms with Gasteiger partial charge in [-0.3, -0.25) is 10.1 Å². The first-order chi connectivity index (χ1) is 9.41. The monoisotopic (exact) mass is 280 g/mol. The number of aliphatic hydroxyl groups excluding tert-OH is 1. The maximum absolute atomic E-state index is 11.3. The molecule has 1 saturated heterocycles. The molecule has 1 N–H and O–H groups in total. The Bertz CT molecular complexity index is 504. The molecule has 0 radical (unpaired) electrons. The van der Waals surface area contributed by atoms with Crippen molar-refractivity contribution in [3.8, 4) is 0 Å². The maximum atomic E-state index is 11.3. The van der Waals surface area contributed by atoms with E-state index >= 15 is 0 Å². The molecule has 2 rings (SSSR count). The van der Waals surface area contributed by atoms with E-state index in [4.69, 9.17) is 4.74 Å². The molecule has 1 aliphatic heterocycles. The molecule has 2 unspecified atom stereocenters. The van der Waals surface area contributed by atoms with E-state index in [1.165, 1.54) is 6.07 Å². The lowest BCUT2D eigenvalue weighted by Crippen LogP contribution is -2.37. The van der Waals surface area contributed by atoms with Gasteiger partial charge in [-0.1, -0.05) is 6.07 Å². The molecule has 0 bridgehead atoms. The van der Waals surface area contributed by atoms with E-state index in [2.05, 4.69) is 0 Å². The number of benzene rings is 1. The van der Waals surface area contributed by atoms with Crippen LogP contribution in [0.4, 0.5) is 11.4 Å². The molecule has 1 heterocycles. The summed E-state index contributed by atoms with van der Waals surface area (Å²) in [5.74, 6) is 0. The van der Waals surface area contributed by atoms with Crippen LogP contribution in [0, 0.1) is 10.1 Å². The number of anilines is 1. The molecule has 0 aromatic heterocycles. The van der Waals surface area contributed by atoms with Gasteiger partial charge in [-0.05, 0) is 31.9 Å². The molecule has 3 atom stereocenters. The van der Waals surface area contributed by atoms with Crippen molar-refractivity contribution >= 4 is 11.4 Å². The predicted molar refractivity (Wildman–Crippen MR) is 76.0 cm³/mol. The predicted octanol–water partition coefficient (Wildman–Crippen LogP) is 2.26. The summed E-state index contributed by atoms with van der Waals surface area (Å²) in [5, 5.41) is 20.8.